The second-order valence-electron chi connectivity index (χ2n) is 1.80. The fourth-order valence-electron chi connectivity index (χ4n) is 0.494. The summed E-state index contributed by atoms with van der Waals surface area (Å²) in [6.45, 7) is 2.46. The van der Waals surface area contributed by atoms with Gasteiger partial charge in [0.15, 0.2) is 0 Å². The van der Waals surface area contributed by atoms with Gasteiger partial charge in [-0.05, 0) is 20.1 Å². The molecule has 0 aromatic carbocycles. The molecule has 0 saturated carbocycles. The van der Waals surface area contributed by atoms with E-state index in [1.165, 1.54) is 0 Å². The van der Waals surface area contributed by atoms with E-state index in [0.717, 1.165) is 13.1 Å². The predicted molar refractivity (Wildman–Crippen MR) is 49.9 cm³/mol. The zero-order valence-corrected chi connectivity index (χ0v) is 10.4. The van der Waals surface area contributed by atoms with Gasteiger partial charge in [-0.2, -0.15) is 0 Å². The fraction of sp³-hybridized carbons (Fsp3) is 1.00. The Labute approximate surface area is 84.6 Å². The zero-order valence-electron chi connectivity index (χ0n) is 5.97. The molecule has 0 amide bonds. The van der Waals surface area contributed by atoms with Crippen molar-refractivity contribution in [1.82, 2.24) is 4.90 Å². The third-order valence-corrected chi connectivity index (χ3v) is 0.987. The van der Waals surface area contributed by atoms with Crippen LogP contribution in [0.2, 0.25) is 0 Å². The van der Waals surface area contributed by atoms with Gasteiger partial charge in [0.1, 0.15) is 0 Å². The van der Waals surface area contributed by atoms with E-state index in [1.54, 1.807) is 0 Å². The van der Waals surface area contributed by atoms with Gasteiger partial charge in [0, 0.05) is 0 Å². The van der Waals surface area contributed by atoms with Gasteiger partial charge in [-0.15, -0.1) is 13.1 Å². The zero-order chi connectivity index (χ0) is 8.41. The second-order valence-corrected chi connectivity index (χ2v) is 1.80. The van der Waals surface area contributed by atoms with Gasteiger partial charge in [-0.3, -0.25) is 0 Å². The van der Waals surface area contributed by atoms with Gasteiger partial charge in [-0.1, -0.05) is 0 Å². The molecule has 0 fully saturated rings. The van der Waals surface area contributed by atoms with Crippen molar-refractivity contribution >= 4 is 19.4 Å². The summed E-state index contributed by atoms with van der Waals surface area (Å²) in [5.41, 5.74) is 13.6. The molecule has 0 saturated heterocycles. The minimum absolute atomic E-state index is 0.441. The van der Waals surface area contributed by atoms with E-state index < -0.39 is 0 Å². The number of hydrogen-bond acceptors (Lipinski definition) is 1. The average Bonchev–Trinajstić information content (AvgIpc) is 1.93. The first-order chi connectivity index (χ1) is 4.81. The van der Waals surface area contributed by atoms with Crippen LogP contribution in [0.5, 0.6) is 0 Å². The third-order valence-electron chi connectivity index (χ3n) is 0.987. The molecule has 0 aromatic heterocycles. The monoisotopic (exact) mass is 437 g/mol. The number of hydrogen-bond donors (Lipinski definition) is 0. The van der Waals surface area contributed by atoms with Crippen LogP contribution in [0.25, 0.3) is 11.5 Å². The minimum atomic E-state index is 0.441. The Morgan fingerprint density at radius 1 is 1.20 bits per heavy atom. The third kappa shape index (κ3) is 12.0. The molecular formula is C5H13IN3Pt-2. The van der Waals surface area contributed by atoms with Crippen LogP contribution in [-0.2, 0) is 16.1 Å². The molecule has 0 rings (SSSR count). The Kier molecular flexibility index (Phi) is 17.9. The van der Waals surface area contributed by atoms with Crippen LogP contribution in [0, 0.1) is 0 Å². The maximum absolute atomic E-state index is 6.81. The van der Waals surface area contributed by atoms with E-state index in [1.807, 2.05) is 11.9 Å². The molecule has 5 heteroatoms. The standard InChI is InChI=1S/C5H13N3.HI.Pt/c1-8(4-2-6)5-3-7;;/h6-7H,2-5H2,1H3;1H;/q-2;;+1/p-1. The maximum atomic E-state index is 6.81. The molecule has 0 radical (unpaired) electrons. The number of nitrogens with one attached hydrogen (secondary N) is 2. The molecule has 67 valence electrons. The number of nitrogens with zero attached hydrogens (tertiary/aromatic N) is 1. The molecule has 3 nitrogen and oxygen atoms in total. The Morgan fingerprint density at radius 2 is 1.50 bits per heavy atom. The molecule has 0 heterocycles. The topological polar surface area (TPSA) is 50.8 Å². The van der Waals surface area contributed by atoms with Crippen molar-refractivity contribution in [1.29, 1.82) is 0 Å². The summed E-state index contributed by atoms with van der Waals surface area (Å²) in [4.78, 5) is 1.99. The van der Waals surface area contributed by atoms with Crippen molar-refractivity contribution in [2.24, 2.45) is 0 Å². The Balaban J connectivity index is 0. The number of likely N-dealkylation sites (N-methyl/N-ethyl adjacent to an activating group) is 1. The first-order valence-corrected chi connectivity index (χ1v) is 9.35. The summed E-state index contributed by atoms with van der Waals surface area (Å²) in [6.07, 6.45) is 0. The normalized spacial score (nSPS) is 9.10. The van der Waals surface area contributed by atoms with Crippen LogP contribution in [0.1, 0.15) is 0 Å². The summed E-state index contributed by atoms with van der Waals surface area (Å²) in [7, 11) is 1.93. The SMILES string of the molecule is CN(CC[NH-])CC[NH-].[I][Pt]. The molecular weight excluding hydrogens is 424 g/mol. The predicted octanol–water partition coefficient (Wildman–Crippen LogP) is 1.91. The Morgan fingerprint density at radius 3 is 1.70 bits per heavy atom. The van der Waals surface area contributed by atoms with Gasteiger partial charge in [0.2, 0.25) is 0 Å². The van der Waals surface area contributed by atoms with Gasteiger partial charge in [-0.25, -0.2) is 0 Å². The molecule has 2 N–H and O–H groups in total. The van der Waals surface area contributed by atoms with Crippen molar-refractivity contribution < 1.29 is 16.1 Å². The van der Waals surface area contributed by atoms with Gasteiger partial charge >= 0.3 is 35.5 Å². The van der Waals surface area contributed by atoms with Crippen molar-refractivity contribution in [3.05, 3.63) is 11.5 Å². The second kappa shape index (κ2) is 12.9. The van der Waals surface area contributed by atoms with Gasteiger partial charge in [0.05, 0.1) is 0 Å². The molecule has 0 atom stereocenters. The van der Waals surface area contributed by atoms with Crippen LogP contribution in [-0.4, -0.2) is 38.1 Å². The van der Waals surface area contributed by atoms with E-state index in [9.17, 15) is 0 Å². The van der Waals surface area contributed by atoms with E-state index >= 15 is 0 Å². The van der Waals surface area contributed by atoms with Crippen molar-refractivity contribution in [2.75, 3.05) is 33.2 Å². The molecule has 0 unspecified atom stereocenters. The molecule has 0 aliphatic carbocycles. The number of rotatable bonds is 4. The molecule has 10 heavy (non-hydrogen) atoms. The van der Waals surface area contributed by atoms with Gasteiger partial charge < -0.3 is 16.4 Å². The first kappa shape index (κ1) is 13.9. The van der Waals surface area contributed by atoms with Crippen molar-refractivity contribution in [3.8, 4) is 0 Å². The van der Waals surface area contributed by atoms with Crippen LogP contribution >= 0.6 is 19.4 Å². The molecule has 0 spiro atoms. The summed E-state index contributed by atoms with van der Waals surface area (Å²) >= 11 is 4.23. The molecule has 0 aromatic rings. The van der Waals surface area contributed by atoms with E-state index in [0.29, 0.717) is 13.1 Å². The Hall–Kier alpha value is 1.30. The van der Waals surface area contributed by atoms with Crippen LogP contribution in [0.15, 0.2) is 0 Å². The molecule has 0 aliphatic heterocycles. The van der Waals surface area contributed by atoms with Gasteiger partial charge in [0.25, 0.3) is 0 Å². The molecule has 0 aliphatic rings. The summed E-state index contributed by atoms with van der Waals surface area (Å²) in [6, 6.07) is 0. The quantitative estimate of drug-likeness (QED) is 0.621. The number of halogens is 1. The fourth-order valence-corrected chi connectivity index (χ4v) is 0.494. The first-order valence-electron chi connectivity index (χ1n) is 2.91. The summed E-state index contributed by atoms with van der Waals surface area (Å²) in [5, 5.41) is 0. The summed E-state index contributed by atoms with van der Waals surface area (Å²) < 4.78 is 0. The van der Waals surface area contributed by atoms with E-state index in [4.69, 9.17) is 11.5 Å². The van der Waals surface area contributed by atoms with Crippen LogP contribution < -0.4 is 0 Å². The average molecular weight is 437 g/mol. The van der Waals surface area contributed by atoms with E-state index in [-0.39, 0.29) is 0 Å². The van der Waals surface area contributed by atoms with Crippen LogP contribution in [0.4, 0.5) is 0 Å². The van der Waals surface area contributed by atoms with Crippen LogP contribution in [0.3, 0.4) is 0 Å². The van der Waals surface area contributed by atoms with E-state index in [2.05, 4.69) is 35.5 Å². The Bertz CT molecular complexity index is 50.2. The molecule has 0 bridgehead atoms. The van der Waals surface area contributed by atoms with Crippen molar-refractivity contribution in [3.63, 3.8) is 0 Å². The summed E-state index contributed by atoms with van der Waals surface area (Å²) in [5.74, 6) is 0. The van der Waals surface area contributed by atoms with Crippen molar-refractivity contribution in [2.45, 2.75) is 0 Å².